The van der Waals surface area contributed by atoms with Crippen molar-refractivity contribution in [2.45, 2.75) is 24.2 Å². The largest absolute Gasteiger partial charge is 0.497 e. The van der Waals surface area contributed by atoms with E-state index in [1.165, 1.54) is 14.2 Å². The standard InChI is InChI=1S/C20H22N4O5S2/c1-12-7-5-6-8-15(12)18(25)21-19-22-23-20(30-19)31(26,27)24-13(2)16-11-14(28-3)9-10-17(16)29-4/h5-11,13,24H,1-4H3,(H,21,22,25). The molecule has 0 saturated carbocycles. The summed E-state index contributed by atoms with van der Waals surface area (Å²) in [5, 5.41) is 10.2. The Hall–Kier alpha value is -3.02. The van der Waals surface area contributed by atoms with Gasteiger partial charge < -0.3 is 9.47 Å². The first-order valence-corrected chi connectivity index (χ1v) is 11.5. The fourth-order valence-corrected chi connectivity index (χ4v) is 5.02. The van der Waals surface area contributed by atoms with Crippen molar-refractivity contribution in [2.75, 3.05) is 19.5 Å². The average Bonchev–Trinajstić information content (AvgIpc) is 3.22. The van der Waals surface area contributed by atoms with E-state index in [0.29, 0.717) is 22.6 Å². The van der Waals surface area contributed by atoms with Crippen LogP contribution in [0.3, 0.4) is 0 Å². The highest BCUT2D eigenvalue weighted by molar-refractivity contribution is 7.91. The molecule has 1 aromatic heterocycles. The van der Waals surface area contributed by atoms with E-state index in [1.54, 1.807) is 37.3 Å². The second kappa shape index (κ2) is 9.41. The van der Waals surface area contributed by atoms with E-state index in [2.05, 4.69) is 20.2 Å². The summed E-state index contributed by atoms with van der Waals surface area (Å²) in [7, 11) is -0.970. The molecular formula is C20H22N4O5S2. The molecule has 2 aromatic carbocycles. The summed E-state index contributed by atoms with van der Waals surface area (Å²) in [5.41, 5.74) is 1.86. The summed E-state index contributed by atoms with van der Waals surface area (Å²) >= 11 is 0.763. The zero-order valence-corrected chi connectivity index (χ0v) is 19.0. The van der Waals surface area contributed by atoms with Gasteiger partial charge in [0.2, 0.25) is 9.47 Å². The van der Waals surface area contributed by atoms with Gasteiger partial charge in [-0.1, -0.05) is 29.5 Å². The van der Waals surface area contributed by atoms with Crippen LogP contribution in [0.2, 0.25) is 0 Å². The Kier molecular flexibility index (Phi) is 6.88. The zero-order valence-electron chi connectivity index (χ0n) is 17.4. The highest BCUT2D eigenvalue weighted by Gasteiger charge is 2.25. The minimum absolute atomic E-state index is 0.0836. The number of ether oxygens (including phenoxy) is 2. The molecule has 3 rings (SSSR count). The molecule has 1 atom stereocenters. The van der Waals surface area contributed by atoms with Crippen molar-refractivity contribution in [3.8, 4) is 11.5 Å². The van der Waals surface area contributed by atoms with Crippen molar-refractivity contribution in [3.63, 3.8) is 0 Å². The van der Waals surface area contributed by atoms with E-state index in [1.807, 2.05) is 19.1 Å². The van der Waals surface area contributed by atoms with E-state index in [-0.39, 0.29) is 15.4 Å². The van der Waals surface area contributed by atoms with E-state index in [9.17, 15) is 13.2 Å². The number of aryl methyl sites for hydroxylation is 1. The summed E-state index contributed by atoms with van der Waals surface area (Å²) < 4.78 is 38.4. The average molecular weight is 463 g/mol. The lowest BCUT2D eigenvalue weighted by molar-refractivity contribution is 0.102. The van der Waals surface area contributed by atoms with Crippen molar-refractivity contribution in [1.29, 1.82) is 0 Å². The van der Waals surface area contributed by atoms with Crippen LogP contribution < -0.4 is 19.5 Å². The second-order valence-electron chi connectivity index (χ2n) is 6.59. The van der Waals surface area contributed by atoms with Crippen molar-refractivity contribution < 1.29 is 22.7 Å². The van der Waals surface area contributed by atoms with Crippen LogP contribution in [-0.2, 0) is 10.0 Å². The van der Waals surface area contributed by atoms with Crippen LogP contribution in [0.4, 0.5) is 5.13 Å². The van der Waals surface area contributed by atoms with E-state index < -0.39 is 16.1 Å². The van der Waals surface area contributed by atoms with E-state index >= 15 is 0 Å². The van der Waals surface area contributed by atoms with Crippen molar-refractivity contribution in [1.82, 2.24) is 14.9 Å². The van der Waals surface area contributed by atoms with Gasteiger partial charge in [0.05, 0.1) is 14.2 Å². The maximum Gasteiger partial charge on any atom is 0.270 e. The number of carbonyl (C=O) groups is 1. The van der Waals surface area contributed by atoms with Gasteiger partial charge >= 0.3 is 0 Å². The minimum Gasteiger partial charge on any atom is -0.497 e. The fraction of sp³-hybridized carbons (Fsp3) is 0.250. The minimum atomic E-state index is -3.99. The topological polar surface area (TPSA) is 120 Å². The predicted octanol–water partition coefficient (Wildman–Crippen LogP) is 3.16. The lowest BCUT2D eigenvalue weighted by atomic mass is 10.1. The molecule has 0 saturated heterocycles. The first kappa shape index (κ1) is 22.7. The summed E-state index contributed by atoms with van der Waals surface area (Å²) in [4.78, 5) is 12.4. The molecule has 9 nitrogen and oxygen atoms in total. The maximum absolute atomic E-state index is 12.8. The Morgan fingerprint density at radius 2 is 1.84 bits per heavy atom. The van der Waals surface area contributed by atoms with Gasteiger partial charge in [-0.2, -0.15) is 0 Å². The first-order valence-electron chi connectivity index (χ1n) is 9.20. The van der Waals surface area contributed by atoms with Crippen LogP contribution in [0.15, 0.2) is 46.8 Å². The normalized spacial score (nSPS) is 12.3. The number of nitrogens with one attached hydrogen (secondary N) is 2. The van der Waals surface area contributed by atoms with Gasteiger partial charge in [0.1, 0.15) is 11.5 Å². The fourth-order valence-electron chi connectivity index (χ4n) is 2.89. The summed E-state index contributed by atoms with van der Waals surface area (Å²) in [6.45, 7) is 3.49. The Morgan fingerprint density at radius 3 is 2.52 bits per heavy atom. The number of hydrogen-bond donors (Lipinski definition) is 2. The number of hydrogen-bond acceptors (Lipinski definition) is 8. The Labute approximate surface area is 184 Å². The SMILES string of the molecule is COc1ccc(OC)c(C(C)NS(=O)(=O)c2nnc(NC(=O)c3ccccc3C)s2)c1. The Bertz CT molecular complexity index is 1190. The molecule has 0 aliphatic rings. The second-order valence-corrected chi connectivity index (χ2v) is 9.46. The number of sulfonamides is 1. The van der Waals surface area contributed by atoms with Crippen LogP contribution in [0.25, 0.3) is 0 Å². The number of rotatable bonds is 8. The third-order valence-electron chi connectivity index (χ3n) is 4.48. The van der Waals surface area contributed by atoms with Crippen LogP contribution in [0.1, 0.15) is 34.5 Å². The van der Waals surface area contributed by atoms with Gasteiger partial charge in [-0.3, -0.25) is 10.1 Å². The van der Waals surface area contributed by atoms with Crippen molar-refractivity contribution >= 4 is 32.4 Å². The van der Waals surface area contributed by atoms with E-state index in [4.69, 9.17) is 9.47 Å². The lowest BCUT2D eigenvalue weighted by Gasteiger charge is -2.17. The quantitative estimate of drug-likeness (QED) is 0.494. The molecule has 164 valence electrons. The molecular weight excluding hydrogens is 440 g/mol. The lowest BCUT2D eigenvalue weighted by Crippen LogP contribution is -2.27. The molecule has 1 heterocycles. The number of aromatic nitrogens is 2. The maximum atomic E-state index is 12.8. The predicted molar refractivity (Wildman–Crippen MR) is 117 cm³/mol. The Balaban J connectivity index is 1.77. The molecule has 1 amide bonds. The van der Waals surface area contributed by atoms with Crippen LogP contribution in [-0.4, -0.2) is 38.7 Å². The first-order chi connectivity index (χ1) is 14.7. The third-order valence-corrected chi connectivity index (χ3v) is 7.23. The number of carbonyl (C=O) groups excluding carboxylic acids is 1. The molecule has 2 N–H and O–H groups in total. The molecule has 0 aliphatic heterocycles. The smallest absolute Gasteiger partial charge is 0.270 e. The zero-order chi connectivity index (χ0) is 22.6. The number of benzene rings is 2. The summed E-state index contributed by atoms with van der Waals surface area (Å²) in [5.74, 6) is 0.694. The van der Waals surface area contributed by atoms with Gasteiger partial charge in [-0.05, 0) is 43.7 Å². The van der Waals surface area contributed by atoms with Gasteiger partial charge in [-0.15, -0.1) is 10.2 Å². The molecule has 3 aromatic rings. The van der Waals surface area contributed by atoms with Crippen LogP contribution >= 0.6 is 11.3 Å². The van der Waals surface area contributed by atoms with Crippen LogP contribution in [0.5, 0.6) is 11.5 Å². The molecule has 1 unspecified atom stereocenters. The monoisotopic (exact) mass is 462 g/mol. The molecule has 11 heteroatoms. The molecule has 0 bridgehead atoms. The molecule has 0 aliphatic carbocycles. The van der Waals surface area contributed by atoms with E-state index in [0.717, 1.165) is 16.9 Å². The molecule has 31 heavy (non-hydrogen) atoms. The molecule has 0 spiro atoms. The number of methoxy groups -OCH3 is 2. The third kappa shape index (κ3) is 5.19. The molecule has 0 radical (unpaired) electrons. The highest BCUT2D eigenvalue weighted by atomic mass is 32.2. The highest BCUT2D eigenvalue weighted by Crippen LogP contribution is 2.31. The molecule has 0 fully saturated rings. The number of nitrogens with zero attached hydrogens (tertiary/aromatic N) is 2. The van der Waals surface area contributed by atoms with Crippen LogP contribution in [0, 0.1) is 6.92 Å². The van der Waals surface area contributed by atoms with Crippen molar-refractivity contribution in [2.24, 2.45) is 0 Å². The van der Waals surface area contributed by atoms with Gasteiger partial charge in [0.25, 0.3) is 15.9 Å². The number of amides is 1. The summed E-state index contributed by atoms with van der Waals surface area (Å²) in [6.07, 6.45) is 0. The number of anilines is 1. The van der Waals surface area contributed by atoms with Gasteiger partial charge in [-0.25, -0.2) is 13.1 Å². The summed E-state index contributed by atoms with van der Waals surface area (Å²) in [6, 6.07) is 11.5. The van der Waals surface area contributed by atoms with Crippen molar-refractivity contribution in [3.05, 3.63) is 59.2 Å². The Morgan fingerprint density at radius 1 is 1.10 bits per heavy atom. The van der Waals surface area contributed by atoms with Gasteiger partial charge in [0, 0.05) is 17.2 Å². The van der Waals surface area contributed by atoms with Gasteiger partial charge in [0.15, 0.2) is 0 Å².